The summed E-state index contributed by atoms with van der Waals surface area (Å²) in [7, 11) is 0. The minimum Gasteiger partial charge on any atom is -0.299 e. The lowest BCUT2D eigenvalue weighted by atomic mass is 9.67. The summed E-state index contributed by atoms with van der Waals surface area (Å²) >= 11 is 0. The smallest absolute Gasteiger partial charge is 0.137 e. The molecule has 0 saturated heterocycles. The first-order valence-corrected chi connectivity index (χ1v) is 4.62. The fourth-order valence-electron chi connectivity index (χ4n) is 2.42. The van der Waals surface area contributed by atoms with Gasteiger partial charge in [0.05, 0.1) is 0 Å². The van der Waals surface area contributed by atoms with Crippen molar-refractivity contribution in [2.24, 2.45) is 11.3 Å². The lowest BCUT2D eigenvalue weighted by Gasteiger charge is -2.36. The molecule has 1 atom stereocenters. The van der Waals surface area contributed by atoms with Crippen LogP contribution in [0.5, 0.6) is 0 Å². The zero-order chi connectivity index (χ0) is 9.35. The van der Waals surface area contributed by atoms with Crippen LogP contribution in [0.3, 0.4) is 0 Å². The Morgan fingerprint density at radius 2 is 2.17 bits per heavy atom. The van der Waals surface area contributed by atoms with Crippen LogP contribution in [-0.2, 0) is 4.79 Å². The van der Waals surface area contributed by atoms with Crippen molar-refractivity contribution in [1.82, 2.24) is 0 Å². The number of carbonyl (C=O) groups excluding carboxylic acids is 1. The third-order valence-corrected chi connectivity index (χ3v) is 2.90. The van der Waals surface area contributed by atoms with Crippen LogP contribution in [0.15, 0.2) is 11.6 Å². The third kappa shape index (κ3) is 1.60. The SMILES string of the molecule is CC(=O)[C@@H]1C(C)=CCCC1(C)C. The fourth-order valence-corrected chi connectivity index (χ4v) is 2.42. The molecule has 0 aromatic heterocycles. The Kier molecular flexibility index (Phi) is 2.41. The number of carbonyl (C=O) groups is 1. The first-order valence-electron chi connectivity index (χ1n) is 4.62. The maximum absolute atomic E-state index is 11.4. The van der Waals surface area contributed by atoms with Gasteiger partial charge >= 0.3 is 0 Å². The summed E-state index contributed by atoms with van der Waals surface area (Å²) in [5.41, 5.74) is 1.43. The first-order chi connectivity index (χ1) is 5.45. The minimum atomic E-state index is 0.159. The minimum absolute atomic E-state index is 0.159. The topological polar surface area (TPSA) is 17.1 Å². The fraction of sp³-hybridized carbons (Fsp3) is 0.727. The van der Waals surface area contributed by atoms with Crippen molar-refractivity contribution in [3.8, 4) is 0 Å². The molecule has 1 aliphatic rings. The quantitative estimate of drug-likeness (QED) is 0.547. The molecule has 1 nitrogen and oxygen atoms in total. The van der Waals surface area contributed by atoms with E-state index < -0.39 is 0 Å². The molecule has 0 bridgehead atoms. The molecule has 1 aliphatic carbocycles. The lowest BCUT2D eigenvalue weighted by Crippen LogP contribution is -2.32. The molecule has 0 unspecified atom stereocenters. The van der Waals surface area contributed by atoms with E-state index in [4.69, 9.17) is 0 Å². The zero-order valence-electron chi connectivity index (χ0n) is 8.48. The van der Waals surface area contributed by atoms with Crippen LogP contribution in [-0.4, -0.2) is 5.78 Å². The Bertz CT molecular complexity index is 223. The monoisotopic (exact) mass is 166 g/mol. The van der Waals surface area contributed by atoms with Crippen molar-refractivity contribution < 1.29 is 4.79 Å². The van der Waals surface area contributed by atoms with Gasteiger partial charge in [-0.15, -0.1) is 0 Å². The third-order valence-electron chi connectivity index (χ3n) is 2.90. The molecule has 0 radical (unpaired) electrons. The Balaban J connectivity index is 2.96. The predicted molar refractivity (Wildman–Crippen MR) is 50.9 cm³/mol. The van der Waals surface area contributed by atoms with Gasteiger partial charge in [-0.3, -0.25) is 4.79 Å². The average molecular weight is 166 g/mol. The second-order valence-electron chi connectivity index (χ2n) is 4.52. The molecule has 0 aromatic carbocycles. The predicted octanol–water partition coefficient (Wildman–Crippen LogP) is 2.96. The number of hydrogen-bond donors (Lipinski definition) is 0. The molecule has 1 rings (SSSR count). The highest BCUT2D eigenvalue weighted by atomic mass is 16.1. The molecular weight excluding hydrogens is 148 g/mol. The van der Waals surface area contributed by atoms with Gasteiger partial charge in [-0.25, -0.2) is 0 Å². The first kappa shape index (κ1) is 9.50. The summed E-state index contributed by atoms with van der Waals surface area (Å²) in [6, 6.07) is 0. The Labute approximate surface area is 74.9 Å². The van der Waals surface area contributed by atoms with Crippen molar-refractivity contribution >= 4 is 5.78 Å². The van der Waals surface area contributed by atoms with Crippen molar-refractivity contribution in [1.29, 1.82) is 0 Å². The molecule has 0 spiro atoms. The van der Waals surface area contributed by atoms with E-state index in [0.717, 1.165) is 12.8 Å². The second-order valence-corrected chi connectivity index (χ2v) is 4.52. The van der Waals surface area contributed by atoms with Gasteiger partial charge in [0.15, 0.2) is 0 Å². The molecule has 1 heteroatoms. The average Bonchev–Trinajstić information content (AvgIpc) is 1.82. The van der Waals surface area contributed by atoms with E-state index >= 15 is 0 Å². The highest BCUT2D eigenvalue weighted by Crippen LogP contribution is 2.41. The van der Waals surface area contributed by atoms with Gasteiger partial charge in [0.2, 0.25) is 0 Å². The Morgan fingerprint density at radius 1 is 1.58 bits per heavy atom. The van der Waals surface area contributed by atoms with E-state index in [1.54, 1.807) is 6.92 Å². The number of Topliss-reactive ketones (excluding diaryl/α,β-unsaturated/α-hetero) is 1. The van der Waals surface area contributed by atoms with Crippen molar-refractivity contribution in [3.05, 3.63) is 11.6 Å². The summed E-state index contributed by atoms with van der Waals surface area (Å²) in [5.74, 6) is 0.472. The van der Waals surface area contributed by atoms with Crippen LogP contribution in [0, 0.1) is 11.3 Å². The van der Waals surface area contributed by atoms with Crippen molar-refractivity contribution in [2.75, 3.05) is 0 Å². The molecule has 0 heterocycles. The number of hydrogen-bond acceptors (Lipinski definition) is 1. The Morgan fingerprint density at radius 3 is 2.50 bits per heavy atom. The molecule has 0 aliphatic heterocycles. The van der Waals surface area contributed by atoms with Crippen LogP contribution >= 0.6 is 0 Å². The van der Waals surface area contributed by atoms with Crippen LogP contribution in [0.1, 0.15) is 40.5 Å². The molecule has 0 amide bonds. The van der Waals surface area contributed by atoms with E-state index in [1.807, 2.05) is 0 Å². The van der Waals surface area contributed by atoms with Gasteiger partial charge in [0.1, 0.15) is 5.78 Å². The molecule has 12 heavy (non-hydrogen) atoms. The highest BCUT2D eigenvalue weighted by molar-refractivity contribution is 5.82. The standard InChI is InChI=1S/C11H18O/c1-8-6-5-7-11(3,4)10(8)9(2)12/h6,10H,5,7H2,1-4H3/t10-/m0/s1. The van der Waals surface area contributed by atoms with E-state index in [-0.39, 0.29) is 11.3 Å². The van der Waals surface area contributed by atoms with Gasteiger partial charge in [-0.2, -0.15) is 0 Å². The van der Waals surface area contributed by atoms with Gasteiger partial charge < -0.3 is 0 Å². The van der Waals surface area contributed by atoms with Crippen LogP contribution in [0.2, 0.25) is 0 Å². The van der Waals surface area contributed by atoms with Crippen molar-refractivity contribution in [3.63, 3.8) is 0 Å². The van der Waals surface area contributed by atoms with E-state index in [9.17, 15) is 4.79 Å². The maximum Gasteiger partial charge on any atom is 0.137 e. The molecule has 0 aromatic rings. The molecular formula is C11H18O. The normalized spacial score (nSPS) is 28.0. The van der Waals surface area contributed by atoms with E-state index in [1.165, 1.54) is 5.57 Å². The molecule has 68 valence electrons. The molecule has 0 N–H and O–H groups in total. The molecule has 0 fully saturated rings. The van der Waals surface area contributed by atoms with Gasteiger partial charge in [-0.05, 0) is 32.1 Å². The summed E-state index contributed by atoms with van der Waals surface area (Å²) < 4.78 is 0. The van der Waals surface area contributed by atoms with Gasteiger partial charge in [-0.1, -0.05) is 25.5 Å². The zero-order valence-corrected chi connectivity index (χ0v) is 8.48. The number of ketones is 1. The van der Waals surface area contributed by atoms with Crippen molar-refractivity contribution in [2.45, 2.75) is 40.5 Å². The Hall–Kier alpha value is -0.590. The van der Waals surface area contributed by atoms with Crippen LogP contribution in [0.4, 0.5) is 0 Å². The van der Waals surface area contributed by atoms with E-state index in [2.05, 4.69) is 26.8 Å². The second kappa shape index (κ2) is 3.04. The lowest BCUT2D eigenvalue weighted by molar-refractivity contribution is -0.123. The summed E-state index contributed by atoms with van der Waals surface area (Å²) in [5, 5.41) is 0. The number of rotatable bonds is 1. The van der Waals surface area contributed by atoms with Gasteiger partial charge in [0.25, 0.3) is 0 Å². The molecule has 0 saturated carbocycles. The highest BCUT2D eigenvalue weighted by Gasteiger charge is 2.35. The maximum atomic E-state index is 11.4. The van der Waals surface area contributed by atoms with E-state index in [0.29, 0.717) is 5.78 Å². The van der Waals surface area contributed by atoms with Gasteiger partial charge in [0, 0.05) is 5.92 Å². The number of allylic oxidation sites excluding steroid dienone is 2. The largest absolute Gasteiger partial charge is 0.299 e. The summed E-state index contributed by atoms with van der Waals surface area (Å²) in [6.45, 7) is 8.16. The van der Waals surface area contributed by atoms with Crippen LogP contribution in [0.25, 0.3) is 0 Å². The summed E-state index contributed by atoms with van der Waals surface area (Å²) in [4.78, 5) is 11.4. The van der Waals surface area contributed by atoms with Crippen LogP contribution < -0.4 is 0 Å². The summed E-state index contributed by atoms with van der Waals surface area (Å²) in [6.07, 6.45) is 4.47.